The van der Waals surface area contributed by atoms with E-state index in [2.05, 4.69) is 37.3 Å². The summed E-state index contributed by atoms with van der Waals surface area (Å²) < 4.78 is 0. The van der Waals surface area contributed by atoms with Gasteiger partial charge in [0.05, 0.1) is 0 Å². The lowest BCUT2D eigenvalue weighted by Crippen LogP contribution is -1.89. The van der Waals surface area contributed by atoms with Crippen LogP contribution in [0, 0.1) is 13.8 Å². The highest BCUT2D eigenvalue weighted by atomic mass is 16.3. The zero-order valence-corrected chi connectivity index (χ0v) is 9.70. The summed E-state index contributed by atoms with van der Waals surface area (Å²) in [6, 6.07) is 14.2. The van der Waals surface area contributed by atoms with E-state index < -0.39 is 0 Å². The summed E-state index contributed by atoms with van der Waals surface area (Å²) >= 11 is 0. The lowest BCUT2D eigenvalue weighted by molar-refractivity contribution is 0.474. The van der Waals surface area contributed by atoms with E-state index in [1.165, 1.54) is 11.1 Å². The Morgan fingerprint density at radius 3 is 2.12 bits per heavy atom. The fourth-order valence-corrected chi connectivity index (χ4v) is 1.88. The lowest BCUT2D eigenvalue weighted by Gasteiger charge is -2.05. The normalized spacial score (nSPS) is 10.4. The maximum absolute atomic E-state index is 9.52. The van der Waals surface area contributed by atoms with Gasteiger partial charge < -0.3 is 5.11 Å². The van der Waals surface area contributed by atoms with Crippen molar-refractivity contribution in [1.29, 1.82) is 0 Å². The molecule has 1 heteroatoms. The number of benzene rings is 2. The monoisotopic (exact) mass is 212 g/mol. The van der Waals surface area contributed by atoms with Gasteiger partial charge >= 0.3 is 0 Å². The SMILES string of the molecule is Cc1ccc(Cc2cc(C)cc(O)c2)cc1. The maximum atomic E-state index is 9.52. The highest BCUT2D eigenvalue weighted by Crippen LogP contribution is 2.18. The van der Waals surface area contributed by atoms with E-state index in [-0.39, 0.29) is 0 Å². The molecule has 0 saturated heterocycles. The van der Waals surface area contributed by atoms with E-state index in [0.29, 0.717) is 5.75 Å². The van der Waals surface area contributed by atoms with E-state index in [9.17, 15) is 5.11 Å². The highest BCUT2D eigenvalue weighted by Gasteiger charge is 1.99. The number of rotatable bonds is 2. The van der Waals surface area contributed by atoms with Crippen molar-refractivity contribution in [2.24, 2.45) is 0 Å². The van der Waals surface area contributed by atoms with Crippen molar-refractivity contribution in [2.75, 3.05) is 0 Å². The first-order valence-corrected chi connectivity index (χ1v) is 5.48. The van der Waals surface area contributed by atoms with Crippen molar-refractivity contribution in [3.63, 3.8) is 0 Å². The zero-order valence-electron chi connectivity index (χ0n) is 9.70. The fraction of sp³-hybridized carbons (Fsp3) is 0.200. The molecule has 0 spiro atoms. The molecule has 0 bridgehead atoms. The van der Waals surface area contributed by atoms with Crippen LogP contribution in [-0.2, 0) is 6.42 Å². The molecule has 2 aromatic carbocycles. The molecule has 0 aliphatic carbocycles. The van der Waals surface area contributed by atoms with Crippen LogP contribution in [0.15, 0.2) is 42.5 Å². The molecule has 2 aromatic rings. The van der Waals surface area contributed by atoms with E-state index in [4.69, 9.17) is 0 Å². The second-order valence-electron chi connectivity index (χ2n) is 4.34. The van der Waals surface area contributed by atoms with Crippen LogP contribution in [0.4, 0.5) is 0 Å². The zero-order chi connectivity index (χ0) is 11.5. The summed E-state index contributed by atoms with van der Waals surface area (Å²) in [4.78, 5) is 0. The van der Waals surface area contributed by atoms with Crippen LogP contribution in [0.3, 0.4) is 0 Å². The van der Waals surface area contributed by atoms with Crippen molar-refractivity contribution in [1.82, 2.24) is 0 Å². The van der Waals surface area contributed by atoms with Crippen LogP contribution in [-0.4, -0.2) is 5.11 Å². The summed E-state index contributed by atoms with van der Waals surface area (Å²) in [5, 5.41) is 9.52. The number of aryl methyl sites for hydroxylation is 2. The number of phenolic OH excluding ortho intramolecular Hbond substituents is 1. The van der Waals surface area contributed by atoms with Gasteiger partial charge in [0.25, 0.3) is 0 Å². The van der Waals surface area contributed by atoms with Crippen molar-refractivity contribution >= 4 is 0 Å². The number of hydrogen-bond donors (Lipinski definition) is 1. The quantitative estimate of drug-likeness (QED) is 0.806. The minimum atomic E-state index is 0.349. The Bertz CT molecular complexity index is 463. The topological polar surface area (TPSA) is 20.2 Å². The Balaban J connectivity index is 2.23. The molecule has 0 atom stereocenters. The first kappa shape index (κ1) is 10.7. The molecule has 1 nitrogen and oxygen atoms in total. The molecule has 0 radical (unpaired) electrons. The molecule has 0 fully saturated rings. The molecule has 0 amide bonds. The summed E-state index contributed by atoms with van der Waals surface area (Å²) in [5.41, 5.74) is 4.80. The van der Waals surface area contributed by atoms with Gasteiger partial charge in [-0.05, 0) is 49.1 Å². The van der Waals surface area contributed by atoms with Crippen LogP contribution >= 0.6 is 0 Å². The molecule has 0 aromatic heterocycles. The first-order chi connectivity index (χ1) is 7.63. The smallest absolute Gasteiger partial charge is 0.116 e. The van der Waals surface area contributed by atoms with Gasteiger partial charge in [-0.2, -0.15) is 0 Å². The molecule has 0 aliphatic heterocycles. The summed E-state index contributed by atoms with van der Waals surface area (Å²) in [6.07, 6.45) is 0.871. The number of aromatic hydroxyl groups is 1. The van der Waals surface area contributed by atoms with E-state index in [1.54, 1.807) is 6.07 Å². The van der Waals surface area contributed by atoms with Gasteiger partial charge in [0, 0.05) is 0 Å². The summed E-state index contributed by atoms with van der Waals surface area (Å²) in [5.74, 6) is 0.349. The van der Waals surface area contributed by atoms with Crippen LogP contribution in [0.25, 0.3) is 0 Å². The second kappa shape index (κ2) is 4.40. The number of hydrogen-bond acceptors (Lipinski definition) is 1. The molecule has 0 aliphatic rings. The molecular formula is C15H16O. The van der Waals surface area contributed by atoms with Gasteiger partial charge in [0.2, 0.25) is 0 Å². The molecule has 82 valence electrons. The van der Waals surface area contributed by atoms with Gasteiger partial charge in [-0.15, -0.1) is 0 Å². The molecular weight excluding hydrogens is 196 g/mol. The largest absolute Gasteiger partial charge is 0.508 e. The Labute approximate surface area is 96.4 Å². The molecule has 2 rings (SSSR count). The molecule has 1 N–H and O–H groups in total. The Morgan fingerprint density at radius 2 is 1.50 bits per heavy atom. The van der Waals surface area contributed by atoms with E-state index in [0.717, 1.165) is 17.5 Å². The third-order valence-electron chi connectivity index (χ3n) is 2.65. The fourth-order valence-electron chi connectivity index (χ4n) is 1.88. The predicted octanol–water partition coefficient (Wildman–Crippen LogP) is 3.60. The minimum absolute atomic E-state index is 0.349. The van der Waals surface area contributed by atoms with Crippen molar-refractivity contribution in [3.8, 4) is 5.75 Å². The third-order valence-corrected chi connectivity index (χ3v) is 2.65. The molecule has 16 heavy (non-hydrogen) atoms. The van der Waals surface area contributed by atoms with E-state index >= 15 is 0 Å². The Kier molecular flexibility index (Phi) is 2.95. The number of phenols is 1. The summed E-state index contributed by atoms with van der Waals surface area (Å²) in [7, 11) is 0. The van der Waals surface area contributed by atoms with Gasteiger partial charge in [0.1, 0.15) is 5.75 Å². The van der Waals surface area contributed by atoms with Gasteiger partial charge in [-0.3, -0.25) is 0 Å². The average molecular weight is 212 g/mol. The van der Waals surface area contributed by atoms with Crippen LogP contribution < -0.4 is 0 Å². The standard InChI is InChI=1S/C15H16O/c1-11-3-5-13(6-4-11)9-14-7-12(2)8-15(16)10-14/h3-8,10,16H,9H2,1-2H3. The van der Waals surface area contributed by atoms with Gasteiger partial charge in [-0.25, -0.2) is 0 Å². The molecule has 0 unspecified atom stereocenters. The van der Waals surface area contributed by atoms with Gasteiger partial charge in [-0.1, -0.05) is 35.9 Å². The van der Waals surface area contributed by atoms with Gasteiger partial charge in [0.15, 0.2) is 0 Å². The lowest BCUT2D eigenvalue weighted by atomic mass is 10.0. The van der Waals surface area contributed by atoms with Crippen molar-refractivity contribution in [3.05, 3.63) is 64.7 Å². The van der Waals surface area contributed by atoms with Crippen molar-refractivity contribution < 1.29 is 5.11 Å². The minimum Gasteiger partial charge on any atom is -0.508 e. The first-order valence-electron chi connectivity index (χ1n) is 5.48. The molecule has 0 heterocycles. The Hall–Kier alpha value is -1.76. The van der Waals surface area contributed by atoms with Crippen LogP contribution in [0.5, 0.6) is 5.75 Å². The van der Waals surface area contributed by atoms with E-state index in [1.807, 2.05) is 13.0 Å². The maximum Gasteiger partial charge on any atom is 0.116 e. The second-order valence-corrected chi connectivity index (χ2v) is 4.34. The summed E-state index contributed by atoms with van der Waals surface area (Å²) in [6.45, 7) is 4.08. The third kappa shape index (κ3) is 2.63. The predicted molar refractivity (Wildman–Crippen MR) is 66.8 cm³/mol. The van der Waals surface area contributed by atoms with Crippen LogP contribution in [0.1, 0.15) is 22.3 Å². The molecule has 0 saturated carbocycles. The Morgan fingerprint density at radius 1 is 0.812 bits per heavy atom. The average Bonchev–Trinajstić information content (AvgIpc) is 2.20. The van der Waals surface area contributed by atoms with Crippen LogP contribution in [0.2, 0.25) is 0 Å². The van der Waals surface area contributed by atoms with Crippen molar-refractivity contribution in [2.45, 2.75) is 20.3 Å². The highest BCUT2D eigenvalue weighted by molar-refractivity contribution is 5.36.